The van der Waals surface area contributed by atoms with Gasteiger partial charge in [0.25, 0.3) is 0 Å². The Labute approximate surface area is 83.4 Å². The van der Waals surface area contributed by atoms with E-state index >= 15 is 0 Å². The van der Waals surface area contributed by atoms with Crippen molar-refractivity contribution in [2.75, 3.05) is 6.54 Å². The topological polar surface area (TPSA) is 38.9 Å². The number of rotatable bonds is 3. The smallest absolute Gasteiger partial charge is 0.131 e. The molecule has 1 aromatic heterocycles. The Hall–Kier alpha value is -0.860. The van der Waals surface area contributed by atoms with Gasteiger partial charge in [-0.15, -0.1) is 0 Å². The quantitative estimate of drug-likeness (QED) is 0.755. The summed E-state index contributed by atoms with van der Waals surface area (Å²) in [5, 5.41) is 0.566. The lowest BCUT2D eigenvalue weighted by Crippen LogP contribution is -1.95. The van der Waals surface area contributed by atoms with Gasteiger partial charge in [-0.3, -0.25) is 0 Å². The van der Waals surface area contributed by atoms with E-state index in [1.807, 2.05) is 25.1 Å². The van der Waals surface area contributed by atoms with Crippen LogP contribution in [0.15, 0.2) is 18.3 Å². The molecule has 13 heavy (non-hydrogen) atoms. The van der Waals surface area contributed by atoms with Gasteiger partial charge in [0.05, 0.1) is 0 Å². The summed E-state index contributed by atoms with van der Waals surface area (Å²) in [6.45, 7) is 2.62. The summed E-state index contributed by atoms with van der Waals surface area (Å²) in [4.78, 5) is 4.04. The molecule has 0 amide bonds. The van der Waals surface area contributed by atoms with Crippen LogP contribution in [-0.2, 0) is 0 Å². The summed E-state index contributed by atoms with van der Waals surface area (Å²) in [7, 11) is 0. The first-order valence-electron chi connectivity index (χ1n) is 4.23. The van der Waals surface area contributed by atoms with Crippen molar-refractivity contribution < 1.29 is 0 Å². The summed E-state index contributed by atoms with van der Waals surface area (Å²) in [5.74, 6) is 0. The number of halogens is 1. The molecular formula is C10H13ClN2. The summed E-state index contributed by atoms with van der Waals surface area (Å²) in [6.07, 6.45) is 6.68. The molecule has 3 heteroatoms. The molecule has 70 valence electrons. The van der Waals surface area contributed by atoms with Gasteiger partial charge in [0, 0.05) is 6.20 Å². The molecule has 0 fully saturated rings. The maximum absolute atomic E-state index is 5.79. The van der Waals surface area contributed by atoms with Gasteiger partial charge in [0.1, 0.15) is 5.15 Å². The lowest BCUT2D eigenvalue weighted by atomic mass is 10.2. The Morgan fingerprint density at radius 3 is 3.00 bits per heavy atom. The second kappa shape index (κ2) is 5.00. The molecule has 0 unspecified atom stereocenters. The minimum absolute atomic E-state index is 0.566. The first kappa shape index (κ1) is 10.2. The van der Waals surface area contributed by atoms with E-state index in [2.05, 4.69) is 4.98 Å². The fourth-order valence-corrected chi connectivity index (χ4v) is 1.09. The van der Waals surface area contributed by atoms with E-state index in [1.54, 1.807) is 6.20 Å². The predicted octanol–water partition coefficient (Wildman–Crippen LogP) is 2.41. The average molecular weight is 197 g/mol. The summed E-state index contributed by atoms with van der Waals surface area (Å²) < 4.78 is 0. The summed E-state index contributed by atoms with van der Waals surface area (Å²) >= 11 is 5.79. The van der Waals surface area contributed by atoms with Gasteiger partial charge in [-0.2, -0.15) is 0 Å². The van der Waals surface area contributed by atoms with Crippen molar-refractivity contribution in [3.63, 3.8) is 0 Å². The molecule has 0 aliphatic heterocycles. The lowest BCUT2D eigenvalue weighted by Gasteiger charge is -1.97. The molecule has 2 N–H and O–H groups in total. The first-order valence-corrected chi connectivity index (χ1v) is 4.60. The monoisotopic (exact) mass is 196 g/mol. The molecule has 0 saturated heterocycles. The van der Waals surface area contributed by atoms with Crippen LogP contribution in [-0.4, -0.2) is 11.5 Å². The third kappa shape index (κ3) is 3.17. The molecule has 0 saturated carbocycles. The van der Waals surface area contributed by atoms with Crippen LogP contribution in [0.25, 0.3) is 6.08 Å². The molecule has 0 atom stereocenters. The first-order chi connectivity index (χ1) is 6.24. The largest absolute Gasteiger partial charge is 0.330 e. The highest BCUT2D eigenvalue weighted by Crippen LogP contribution is 2.13. The predicted molar refractivity (Wildman–Crippen MR) is 56.7 cm³/mol. The molecule has 1 aromatic rings. The maximum Gasteiger partial charge on any atom is 0.131 e. The van der Waals surface area contributed by atoms with Crippen molar-refractivity contribution in [2.45, 2.75) is 13.3 Å². The van der Waals surface area contributed by atoms with Crippen LogP contribution in [0, 0.1) is 6.92 Å². The third-order valence-corrected chi connectivity index (χ3v) is 2.07. The highest BCUT2D eigenvalue weighted by molar-refractivity contribution is 6.30. The number of nitrogens with two attached hydrogens (primary N) is 1. The molecule has 1 heterocycles. The number of nitrogens with zero attached hydrogens (tertiary/aromatic N) is 1. The Balaban J connectivity index is 2.73. The van der Waals surface area contributed by atoms with Crippen molar-refractivity contribution >= 4 is 17.7 Å². The van der Waals surface area contributed by atoms with Gasteiger partial charge in [-0.05, 0) is 37.1 Å². The fourth-order valence-electron chi connectivity index (χ4n) is 0.987. The van der Waals surface area contributed by atoms with Crippen LogP contribution < -0.4 is 5.73 Å². The average Bonchev–Trinajstić information content (AvgIpc) is 2.12. The van der Waals surface area contributed by atoms with Crippen molar-refractivity contribution in [3.05, 3.63) is 34.6 Å². The number of aromatic nitrogens is 1. The van der Waals surface area contributed by atoms with Crippen LogP contribution in [0.5, 0.6) is 0 Å². The summed E-state index contributed by atoms with van der Waals surface area (Å²) in [5.41, 5.74) is 7.42. The van der Waals surface area contributed by atoms with Gasteiger partial charge in [0.2, 0.25) is 0 Å². The highest BCUT2D eigenvalue weighted by atomic mass is 35.5. The van der Waals surface area contributed by atoms with Gasteiger partial charge in [-0.1, -0.05) is 23.8 Å². The van der Waals surface area contributed by atoms with E-state index < -0.39 is 0 Å². The van der Waals surface area contributed by atoms with Crippen LogP contribution in [0.2, 0.25) is 5.15 Å². The van der Waals surface area contributed by atoms with Crippen LogP contribution in [0.3, 0.4) is 0 Å². The molecule has 0 aliphatic carbocycles. The zero-order chi connectivity index (χ0) is 9.68. The summed E-state index contributed by atoms with van der Waals surface area (Å²) in [6, 6.07) is 2.00. The van der Waals surface area contributed by atoms with Gasteiger partial charge in [-0.25, -0.2) is 4.98 Å². The Kier molecular flexibility index (Phi) is 3.93. The molecule has 0 radical (unpaired) electrons. The van der Waals surface area contributed by atoms with E-state index in [4.69, 9.17) is 17.3 Å². The van der Waals surface area contributed by atoms with E-state index in [0.717, 1.165) is 17.5 Å². The van der Waals surface area contributed by atoms with Crippen LogP contribution in [0.1, 0.15) is 17.5 Å². The van der Waals surface area contributed by atoms with Crippen molar-refractivity contribution in [2.24, 2.45) is 5.73 Å². The molecule has 1 rings (SSSR count). The Bertz CT molecular complexity index is 308. The fraction of sp³-hybridized carbons (Fsp3) is 0.300. The van der Waals surface area contributed by atoms with Crippen molar-refractivity contribution in [1.82, 2.24) is 4.98 Å². The van der Waals surface area contributed by atoms with Crippen molar-refractivity contribution in [3.8, 4) is 0 Å². The van der Waals surface area contributed by atoms with Gasteiger partial charge >= 0.3 is 0 Å². The molecule has 2 nitrogen and oxygen atoms in total. The number of hydrogen-bond donors (Lipinski definition) is 1. The number of pyridine rings is 1. The Morgan fingerprint density at radius 1 is 1.62 bits per heavy atom. The molecule has 0 bridgehead atoms. The molecular weight excluding hydrogens is 184 g/mol. The van der Waals surface area contributed by atoms with E-state index in [-0.39, 0.29) is 0 Å². The van der Waals surface area contributed by atoms with Crippen LogP contribution >= 0.6 is 11.6 Å². The SMILES string of the molecule is Cc1cc(C=CCCN)cnc1Cl. The Morgan fingerprint density at radius 2 is 2.38 bits per heavy atom. The highest BCUT2D eigenvalue weighted by Gasteiger charge is 1.95. The minimum Gasteiger partial charge on any atom is -0.330 e. The third-order valence-electron chi connectivity index (χ3n) is 1.68. The van der Waals surface area contributed by atoms with Gasteiger partial charge in [0.15, 0.2) is 0 Å². The maximum atomic E-state index is 5.79. The normalized spacial score (nSPS) is 11.0. The van der Waals surface area contributed by atoms with Crippen LogP contribution in [0.4, 0.5) is 0 Å². The number of hydrogen-bond acceptors (Lipinski definition) is 2. The molecule has 0 spiro atoms. The molecule has 0 aliphatic rings. The van der Waals surface area contributed by atoms with E-state index in [0.29, 0.717) is 11.7 Å². The van der Waals surface area contributed by atoms with E-state index in [9.17, 15) is 0 Å². The zero-order valence-electron chi connectivity index (χ0n) is 7.63. The lowest BCUT2D eigenvalue weighted by molar-refractivity contribution is 1.01. The molecule has 0 aromatic carbocycles. The van der Waals surface area contributed by atoms with E-state index in [1.165, 1.54) is 0 Å². The minimum atomic E-state index is 0.566. The second-order valence-electron chi connectivity index (χ2n) is 2.86. The number of aryl methyl sites for hydroxylation is 1. The zero-order valence-corrected chi connectivity index (χ0v) is 8.38. The second-order valence-corrected chi connectivity index (χ2v) is 3.21. The standard InChI is InChI=1S/C10H13ClN2/c1-8-6-9(4-2-3-5-12)7-13-10(8)11/h2,4,6-7H,3,5,12H2,1H3. The van der Waals surface area contributed by atoms with Crippen molar-refractivity contribution in [1.29, 1.82) is 0 Å². The van der Waals surface area contributed by atoms with Gasteiger partial charge < -0.3 is 5.73 Å².